The number of Topliss-reactive ketones (excluding diaryl/α,β-unsaturated/α-hetero) is 1. The number of carbonyl (C=O) groups is 2. The minimum absolute atomic E-state index is 0.0844. The van der Waals surface area contributed by atoms with Gasteiger partial charge in [0.25, 0.3) is 6.01 Å². The highest BCUT2D eigenvalue weighted by atomic mass is 35.5. The first-order valence-corrected chi connectivity index (χ1v) is 7.46. The van der Waals surface area contributed by atoms with E-state index in [1.165, 1.54) is 13.8 Å². The van der Waals surface area contributed by atoms with Gasteiger partial charge in [0.15, 0.2) is 5.78 Å². The van der Waals surface area contributed by atoms with E-state index in [4.69, 9.17) is 21.1 Å². The van der Waals surface area contributed by atoms with Crippen molar-refractivity contribution in [3.05, 3.63) is 57.8 Å². The van der Waals surface area contributed by atoms with Gasteiger partial charge in [0.1, 0.15) is 11.3 Å². The zero-order valence-corrected chi connectivity index (χ0v) is 13.7. The fourth-order valence-electron chi connectivity index (χ4n) is 2.55. The van der Waals surface area contributed by atoms with Crippen LogP contribution in [0.5, 0.6) is 0 Å². The van der Waals surface area contributed by atoms with Gasteiger partial charge in [-0.1, -0.05) is 23.7 Å². The number of halogens is 2. The summed E-state index contributed by atoms with van der Waals surface area (Å²) in [4.78, 5) is 24.2. The van der Waals surface area contributed by atoms with Crippen LogP contribution in [0, 0.1) is 0 Å². The lowest BCUT2D eigenvalue weighted by molar-refractivity contribution is -0.139. The summed E-state index contributed by atoms with van der Waals surface area (Å²) in [5, 5.41) is 0.494. The van der Waals surface area contributed by atoms with Crippen LogP contribution in [0.2, 0.25) is 5.02 Å². The third kappa shape index (κ3) is 3.45. The molecule has 0 saturated heterocycles. The first kappa shape index (κ1) is 17.2. The van der Waals surface area contributed by atoms with Gasteiger partial charge in [-0.2, -0.15) is 4.39 Å². The largest absolute Gasteiger partial charge is 0.462 e. The molecular weight excluding hydrogens is 323 g/mol. The Hall–Kier alpha value is -2.14. The van der Waals surface area contributed by atoms with Crippen molar-refractivity contribution in [3.8, 4) is 0 Å². The van der Waals surface area contributed by atoms with E-state index in [1.54, 1.807) is 31.2 Å². The quantitative estimate of drug-likeness (QED) is 0.777. The van der Waals surface area contributed by atoms with Gasteiger partial charge in [0.2, 0.25) is 0 Å². The van der Waals surface area contributed by atoms with Crippen molar-refractivity contribution in [2.75, 3.05) is 6.61 Å². The van der Waals surface area contributed by atoms with Crippen LogP contribution in [-0.4, -0.2) is 18.4 Å². The maximum Gasteiger partial charge on any atom is 0.341 e. The predicted molar refractivity (Wildman–Crippen MR) is 83.4 cm³/mol. The standard InChI is InChI=1S/C17H16ClFO4/c1-4-22-17(21)15-14(11-5-7-12(18)8-6-11)13(9(2)20)10(3)23-16(15)19/h5-8,14H,4H2,1-3H3. The summed E-state index contributed by atoms with van der Waals surface area (Å²) in [7, 11) is 0. The molecule has 0 saturated carbocycles. The molecule has 23 heavy (non-hydrogen) atoms. The topological polar surface area (TPSA) is 52.6 Å². The van der Waals surface area contributed by atoms with E-state index in [2.05, 4.69) is 0 Å². The summed E-state index contributed by atoms with van der Waals surface area (Å²) in [6.45, 7) is 4.53. The molecule has 0 N–H and O–H groups in total. The van der Waals surface area contributed by atoms with Crippen LogP contribution >= 0.6 is 11.6 Å². The maximum atomic E-state index is 14.3. The second-order valence-electron chi connectivity index (χ2n) is 5.02. The average Bonchev–Trinajstić information content (AvgIpc) is 2.46. The highest BCUT2D eigenvalue weighted by Gasteiger charge is 2.39. The number of benzene rings is 1. The number of esters is 1. The molecule has 1 unspecified atom stereocenters. The summed E-state index contributed by atoms with van der Waals surface area (Å²) >= 11 is 5.87. The zero-order chi connectivity index (χ0) is 17.1. The van der Waals surface area contributed by atoms with Gasteiger partial charge in [0, 0.05) is 10.6 Å². The van der Waals surface area contributed by atoms with Gasteiger partial charge in [-0.3, -0.25) is 4.79 Å². The number of ether oxygens (including phenoxy) is 2. The number of rotatable bonds is 4. The van der Waals surface area contributed by atoms with E-state index in [9.17, 15) is 14.0 Å². The highest BCUT2D eigenvalue weighted by molar-refractivity contribution is 6.30. The van der Waals surface area contributed by atoms with Crippen molar-refractivity contribution in [2.45, 2.75) is 26.7 Å². The molecule has 0 aromatic heterocycles. The normalized spacial score (nSPS) is 17.9. The molecule has 2 rings (SSSR count). The van der Waals surface area contributed by atoms with Crippen molar-refractivity contribution in [1.82, 2.24) is 0 Å². The van der Waals surface area contributed by atoms with Crippen LogP contribution in [0.15, 0.2) is 47.2 Å². The Morgan fingerprint density at radius 2 is 1.87 bits per heavy atom. The zero-order valence-electron chi connectivity index (χ0n) is 13.0. The molecule has 0 spiro atoms. The van der Waals surface area contributed by atoms with Crippen molar-refractivity contribution < 1.29 is 23.5 Å². The molecule has 4 nitrogen and oxygen atoms in total. The Bertz CT molecular complexity index is 704. The molecule has 1 aliphatic heterocycles. The van der Waals surface area contributed by atoms with Crippen molar-refractivity contribution >= 4 is 23.4 Å². The number of hydrogen-bond acceptors (Lipinski definition) is 4. The Kier molecular flexibility index (Phi) is 5.21. The SMILES string of the molecule is CCOC(=O)C1=C(F)OC(C)=C(C(C)=O)C1c1ccc(Cl)cc1. The first-order chi connectivity index (χ1) is 10.9. The maximum absolute atomic E-state index is 14.3. The lowest BCUT2D eigenvalue weighted by Gasteiger charge is -2.27. The molecule has 0 amide bonds. The van der Waals surface area contributed by atoms with Crippen LogP contribution < -0.4 is 0 Å². The van der Waals surface area contributed by atoms with Crippen LogP contribution in [-0.2, 0) is 19.1 Å². The Balaban J connectivity index is 2.63. The lowest BCUT2D eigenvalue weighted by atomic mass is 9.81. The number of ketones is 1. The summed E-state index contributed by atoms with van der Waals surface area (Å²) in [5.41, 5.74) is 0.460. The molecule has 0 fully saturated rings. The molecule has 0 radical (unpaired) electrons. The molecule has 1 heterocycles. The minimum atomic E-state index is -1.05. The van der Waals surface area contributed by atoms with Crippen molar-refractivity contribution in [3.63, 3.8) is 0 Å². The fraction of sp³-hybridized carbons (Fsp3) is 0.294. The van der Waals surface area contributed by atoms with Gasteiger partial charge >= 0.3 is 5.97 Å². The third-order valence-corrected chi connectivity index (χ3v) is 3.74. The molecule has 0 aliphatic carbocycles. The first-order valence-electron chi connectivity index (χ1n) is 7.08. The Morgan fingerprint density at radius 3 is 2.39 bits per heavy atom. The number of allylic oxidation sites excluding steroid dienone is 2. The summed E-state index contributed by atoms with van der Waals surface area (Å²) in [6.07, 6.45) is 0. The second kappa shape index (κ2) is 6.96. The summed E-state index contributed by atoms with van der Waals surface area (Å²) in [5.74, 6) is -1.92. The van der Waals surface area contributed by atoms with Crippen molar-refractivity contribution in [1.29, 1.82) is 0 Å². The molecule has 1 aliphatic rings. The fourth-order valence-corrected chi connectivity index (χ4v) is 2.68. The molecule has 1 aromatic carbocycles. The van der Waals surface area contributed by atoms with E-state index in [-0.39, 0.29) is 29.3 Å². The molecule has 1 atom stereocenters. The molecule has 6 heteroatoms. The van der Waals surface area contributed by atoms with Crippen molar-refractivity contribution in [2.24, 2.45) is 0 Å². The second-order valence-corrected chi connectivity index (χ2v) is 5.46. The highest BCUT2D eigenvalue weighted by Crippen LogP contribution is 2.41. The minimum Gasteiger partial charge on any atom is -0.462 e. The molecule has 1 aromatic rings. The lowest BCUT2D eigenvalue weighted by Crippen LogP contribution is -2.25. The van der Waals surface area contributed by atoms with Crippen LogP contribution in [0.3, 0.4) is 0 Å². The van der Waals surface area contributed by atoms with Crippen LogP contribution in [0.1, 0.15) is 32.3 Å². The van der Waals surface area contributed by atoms with E-state index in [0.29, 0.717) is 10.6 Å². The molecule has 0 bridgehead atoms. The summed E-state index contributed by atoms with van der Waals surface area (Å²) in [6, 6.07) is 5.45. The average molecular weight is 339 g/mol. The number of hydrogen-bond donors (Lipinski definition) is 0. The smallest absolute Gasteiger partial charge is 0.341 e. The predicted octanol–water partition coefficient (Wildman–Crippen LogP) is 4.06. The van der Waals surface area contributed by atoms with E-state index in [1.807, 2.05) is 0 Å². The van der Waals surface area contributed by atoms with Gasteiger partial charge in [-0.25, -0.2) is 4.79 Å². The van der Waals surface area contributed by atoms with Crippen LogP contribution in [0.25, 0.3) is 0 Å². The van der Waals surface area contributed by atoms with Gasteiger partial charge < -0.3 is 9.47 Å². The van der Waals surface area contributed by atoms with Crippen LogP contribution in [0.4, 0.5) is 4.39 Å². The number of carbonyl (C=O) groups excluding carboxylic acids is 2. The summed E-state index contributed by atoms with van der Waals surface area (Å²) < 4.78 is 24.2. The van der Waals surface area contributed by atoms with E-state index >= 15 is 0 Å². The Labute approximate surface area is 138 Å². The van der Waals surface area contributed by atoms with E-state index < -0.39 is 17.9 Å². The third-order valence-electron chi connectivity index (χ3n) is 3.49. The van der Waals surface area contributed by atoms with Gasteiger partial charge in [0.05, 0.1) is 12.5 Å². The van der Waals surface area contributed by atoms with E-state index in [0.717, 1.165) is 0 Å². The Morgan fingerprint density at radius 1 is 1.26 bits per heavy atom. The van der Waals surface area contributed by atoms with Gasteiger partial charge in [-0.05, 0) is 38.5 Å². The molecule has 122 valence electrons. The molecular formula is C17H16ClFO4. The monoisotopic (exact) mass is 338 g/mol. The van der Waals surface area contributed by atoms with Gasteiger partial charge in [-0.15, -0.1) is 0 Å².